The highest BCUT2D eigenvalue weighted by Gasteiger charge is 2.06. The fraction of sp³-hybridized carbons (Fsp3) is 0.850. The molecule has 0 aliphatic rings. The van der Waals surface area contributed by atoms with Crippen molar-refractivity contribution >= 4 is 17.4 Å². The molecule has 0 amide bonds. The van der Waals surface area contributed by atoms with E-state index in [0.717, 1.165) is 17.8 Å². The summed E-state index contributed by atoms with van der Waals surface area (Å²) < 4.78 is 0. The first-order valence-corrected chi connectivity index (χ1v) is 8.90. The minimum absolute atomic E-state index is 0. The molecule has 0 unspecified atom stereocenters. The molecular formula is C20H42Al. The van der Waals surface area contributed by atoms with Crippen LogP contribution in [0, 0.1) is 24.7 Å². The van der Waals surface area contributed by atoms with Gasteiger partial charge in [0.15, 0.2) is 17.4 Å². The van der Waals surface area contributed by atoms with E-state index in [9.17, 15) is 0 Å². The third kappa shape index (κ3) is 16.5. The van der Waals surface area contributed by atoms with Gasteiger partial charge in [-0.3, -0.25) is 0 Å². The number of hydrogen-bond acceptors (Lipinski definition) is 0. The molecule has 0 aromatic heterocycles. The molecule has 0 aliphatic heterocycles. The van der Waals surface area contributed by atoms with Gasteiger partial charge in [-0.15, -0.1) is 0 Å². The van der Waals surface area contributed by atoms with Crippen LogP contribution in [0.3, 0.4) is 0 Å². The van der Waals surface area contributed by atoms with E-state index in [1.165, 1.54) is 63.4 Å². The highest BCUT2D eigenvalue weighted by Crippen LogP contribution is 2.21. The fourth-order valence-electron chi connectivity index (χ4n) is 2.81. The maximum atomic E-state index is 3.83. The smallest absolute Gasteiger partial charge is 0.0853 e. The molecule has 1 heteroatoms. The Morgan fingerprint density at radius 1 is 0.810 bits per heavy atom. The van der Waals surface area contributed by atoms with Gasteiger partial charge >= 0.3 is 0 Å². The van der Waals surface area contributed by atoms with Crippen molar-refractivity contribution in [1.82, 2.24) is 0 Å². The summed E-state index contributed by atoms with van der Waals surface area (Å²) in [5.41, 5.74) is 1.44. The van der Waals surface area contributed by atoms with Crippen molar-refractivity contribution < 1.29 is 0 Å². The van der Waals surface area contributed by atoms with Crippen molar-refractivity contribution in [3.05, 3.63) is 18.6 Å². The minimum Gasteiger partial charge on any atom is -0.0853 e. The van der Waals surface area contributed by atoms with E-state index in [-0.39, 0.29) is 17.4 Å². The van der Waals surface area contributed by atoms with Crippen molar-refractivity contribution in [2.75, 3.05) is 0 Å². The summed E-state index contributed by atoms with van der Waals surface area (Å²) in [5, 5.41) is 0. The molecule has 0 aromatic rings. The number of rotatable bonds is 12. The Morgan fingerprint density at radius 3 is 1.67 bits per heavy atom. The van der Waals surface area contributed by atoms with Crippen LogP contribution in [0.2, 0.25) is 0 Å². The molecular weight excluding hydrogens is 267 g/mol. The van der Waals surface area contributed by atoms with E-state index in [2.05, 4.69) is 41.5 Å². The lowest BCUT2D eigenvalue weighted by atomic mass is 9.91. The van der Waals surface area contributed by atoms with Crippen molar-refractivity contribution in [3.8, 4) is 0 Å². The highest BCUT2D eigenvalue weighted by atomic mass is 27.0. The van der Waals surface area contributed by atoms with Crippen molar-refractivity contribution in [2.24, 2.45) is 17.8 Å². The number of allylic oxidation sites excluding steroid dienone is 2. The fourth-order valence-corrected chi connectivity index (χ4v) is 2.81. The topological polar surface area (TPSA) is 0 Å². The molecule has 2 atom stereocenters. The molecule has 0 saturated carbocycles. The largest absolute Gasteiger partial charge is 0.187 e. The zero-order chi connectivity index (χ0) is 15.4. The van der Waals surface area contributed by atoms with Crippen LogP contribution in [0.15, 0.2) is 11.6 Å². The zero-order valence-electron chi connectivity index (χ0n) is 14.9. The lowest BCUT2D eigenvalue weighted by Crippen LogP contribution is -2.00. The van der Waals surface area contributed by atoms with Gasteiger partial charge in [0.25, 0.3) is 0 Å². The SMILES string of the molecule is [AlH3].[CH2]/C=C(\C)CCC[C@H](C)CCC[C@H](C)CCCC(C)C. The predicted octanol–water partition coefficient (Wildman–Crippen LogP) is 6.02. The normalized spacial score (nSPS) is 14.9. The van der Waals surface area contributed by atoms with E-state index in [1.807, 2.05) is 6.08 Å². The molecule has 0 fully saturated rings. The summed E-state index contributed by atoms with van der Waals surface area (Å²) in [5.74, 6) is 2.70. The Bertz CT molecular complexity index is 242. The molecule has 0 N–H and O–H groups in total. The lowest BCUT2D eigenvalue weighted by molar-refractivity contribution is 0.389. The molecule has 0 nitrogen and oxygen atoms in total. The molecule has 125 valence electrons. The lowest BCUT2D eigenvalue weighted by Gasteiger charge is -2.15. The third-order valence-corrected chi connectivity index (χ3v) is 4.49. The molecule has 21 heavy (non-hydrogen) atoms. The second-order valence-corrected chi connectivity index (χ2v) is 7.41. The third-order valence-electron chi connectivity index (χ3n) is 4.49. The van der Waals surface area contributed by atoms with Crippen LogP contribution < -0.4 is 0 Å². The first kappa shape index (κ1) is 23.5. The van der Waals surface area contributed by atoms with Crippen LogP contribution in [0.1, 0.15) is 92.4 Å². The molecule has 0 heterocycles. The van der Waals surface area contributed by atoms with Gasteiger partial charge in [0.2, 0.25) is 0 Å². The molecule has 0 rings (SSSR count). The second-order valence-electron chi connectivity index (χ2n) is 7.41. The van der Waals surface area contributed by atoms with E-state index in [4.69, 9.17) is 0 Å². The van der Waals surface area contributed by atoms with Gasteiger partial charge in [-0.2, -0.15) is 0 Å². The predicted molar refractivity (Wildman–Crippen MR) is 104 cm³/mol. The van der Waals surface area contributed by atoms with Crippen LogP contribution in [0.5, 0.6) is 0 Å². The summed E-state index contributed by atoms with van der Waals surface area (Å²) in [6.07, 6.45) is 14.5. The standard InChI is InChI=1S/C20H39.Al.3H/c1-7-18(4)12-9-14-20(6)16-10-15-19(5)13-8-11-17(2)3;;;;/h7,17,19-20H,1,8-16H2,2-6H3;;;;/b18-7+;;;;/t19-,20+;;;;/m1..../s1. The van der Waals surface area contributed by atoms with Gasteiger partial charge in [-0.25, -0.2) is 0 Å². The summed E-state index contributed by atoms with van der Waals surface area (Å²) in [6.45, 7) is 15.5. The van der Waals surface area contributed by atoms with Gasteiger partial charge < -0.3 is 0 Å². The number of hydrogen-bond donors (Lipinski definition) is 0. The van der Waals surface area contributed by atoms with E-state index < -0.39 is 0 Å². The van der Waals surface area contributed by atoms with Crippen LogP contribution in [0.25, 0.3) is 0 Å². The summed E-state index contributed by atoms with van der Waals surface area (Å²) in [6, 6.07) is 0. The molecule has 0 aromatic carbocycles. The van der Waals surface area contributed by atoms with Gasteiger partial charge in [-0.05, 0) is 44.4 Å². The maximum Gasteiger partial charge on any atom is 0.187 e. The zero-order valence-corrected chi connectivity index (χ0v) is 14.9. The van der Waals surface area contributed by atoms with Crippen molar-refractivity contribution in [2.45, 2.75) is 92.4 Å². The van der Waals surface area contributed by atoms with Gasteiger partial charge in [0.05, 0.1) is 0 Å². The Morgan fingerprint density at radius 2 is 1.24 bits per heavy atom. The molecule has 1 radical (unpaired) electrons. The van der Waals surface area contributed by atoms with Crippen LogP contribution in [-0.2, 0) is 0 Å². The van der Waals surface area contributed by atoms with Gasteiger partial charge in [0, 0.05) is 0 Å². The van der Waals surface area contributed by atoms with E-state index in [0.29, 0.717) is 0 Å². The molecule has 0 bridgehead atoms. The quantitative estimate of drug-likeness (QED) is 0.387. The van der Waals surface area contributed by atoms with Gasteiger partial charge in [-0.1, -0.05) is 84.3 Å². The summed E-state index contributed by atoms with van der Waals surface area (Å²) >= 11 is 0. The van der Waals surface area contributed by atoms with Crippen LogP contribution in [-0.4, -0.2) is 17.4 Å². The van der Waals surface area contributed by atoms with Crippen LogP contribution in [0.4, 0.5) is 0 Å². The summed E-state index contributed by atoms with van der Waals surface area (Å²) in [7, 11) is 0. The Kier molecular flexibility index (Phi) is 17.0. The first-order chi connectivity index (χ1) is 9.45. The Hall–Kier alpha value is 0.272. The molecule has 0 spiro atoms. The molecule has 0 aliphatic carbocycles. The monoisotopic (exact) mass is 309 g/mol. The van der Waals surface area contributed by atoms with E-state index >= 15 is 0 Å². The second kappa shape index (κ2) is 15.2. The molecule has 0 saturated heterocycles. The van der Waals surface area contributed by atoms with E-state index in [1.54, 1.807) is 0 Å². The highest BCUT2D eigenvalue weighted by molar-refractivity contribution is 5.75. The first-order valence-electron chi connectivity index (χ1n) is 8.90. The maximum absolute atomic E-state index is 3.83. The van der Waals surface area contributed by atoms with Crippen molar-refractivity contribution in [1.29, 1.82) is 0 Å². The Labute approximate surface area is 146 Å². The van der Waals surface area contributed by atoms with Crippen molar-refractivity contribution in [3.63, 3.8) is 0 Å². The van der Waals surface area contributed by atoms with Crippen LogP contribution >= 0.6 is 0 Å². The minimum atomic E-state index is 0. The summed E-state index contributed by atoms with van der Waals surface area (Å²) in [4.78, 5) is 0. The Balaban J connectivity index is 0. The average molecular weight is 310 g/mol. The average Bonchev–Trinajstić information content (AvgIpc) is 2.38. The van der Waals surface area contributed by atoms with Gasteiger partial charge in [0.1, 0.15) is 0 Å².